The zero-order valence-electron chi connectivity index (χ0n) is 12.5. The van der Waals surface area contributed by atoms with Crippen LogP contribution in [0.2, 0.25) is 0 Å². The molecule has 6 nitrogen and oxygen atoms in total. The minimum atomic E-state index is 0.0328. The lowest BCUT2D eigenvalue weighted by atomic mass is 10.3. The predicted molar refractivity (Wildman–Crippen MR) is 86.3 cm³/mol. The lowest BCUT2D eigenvalue weighted by Gasteiger charge is -2.28. The number of aromatic nitrogens is 1. The van der Waals surface area contributed by atoms with Crippen molar-refractivity contribution in [2.45, 2.75) is 18.6 Å². The van der Waals surface area contributed by atoms with E-state index in [2.05, 4.69) is 9.88 Å². The van der Waals surface area contributed by atoms with Gasteiger partial charge in [0.1, 0.15) is 5.82 Å². The van der Waals surface area contributed by atoms with Gasteiger partial charge in [-0.1, -0.05) is 11.8 Å². The van der Waals surface area contributed by atoms with E-state index in [0.29, 0.717) is 18.8 Å². The lowest BCUT2D eigenvalue weighted by Crippen LogP contribution is -2.36. The summed E-state index contributed by atoms with van der Waals surface area (Å²) in [4.78, 5) is 31.6. The van der Waals surface area contributed by atoms with Gasteiger partial charge >= 0.3 is 0 Å². The number of amides is 1. The SMILES string of the molecule is CC(=O)SC1CC(=O)N(c2ccc(N3CCOCC3)cn2)C1. The van der Waals surface area contributed by atoms with Crippen molar-refractivity contribution >= 4 is 34.3 Å². The Morgan fingerprint density at radius 2 is 2.14 bits per heavy atom. The average molecular weight is 321 g/mol. The largest absolute Gasteiger partial charge is 0.378 e. The summed E-state index contributed by atoms with van der Waals surface area (Å²) in [5, 5.41) is 0.0843. The van der Waals surface area contributed by atoms with Crippen LogP contribution in [0.1, 0.15) is 13.3 Å². The normalized spacial score (nSPS) is 22.2. The summed E-state index contributed by atoms with van der Waals surface area (Å²) >= 11 is 1.24. The third-order valence-electron chi connectivity index (χ3n) is 3.81. The van der Waals surface area contributed by atoms with Crippen LogP contribution in [0.15, 0.2) is 18.3 Å². The average Bonchev–Trinajstić information content (AvgIpc) is 2.88. The van der Waals surface area contributed by atoms with Crippen molar-refractivity contribution in [3.63, 3.8) is 0 Å². The molecule has 0 N–H and O–H groups in total. The minimum absolute atomic E-state index is 0.0328. The zero-order chi connectivity index (χ0) is 15.5. The number of carbonyl (C=O) groups is 2. The molecule has 3 heterocycles. The number of hydrogen-bond donors (Lipinski definition) is 0. The van der Waals surface area contributed by atoms with Gasteiger partial charge in [-0.15, -0.1) is 0 Å². The van der Waals surface area contributed by atoms with Crippen molar-refractivity contribution in [3.8, 4) is 0 Å². The Morgan fingerprint density at radius 1 is 1.36 bits per heavy atom. The molecule has 1 amide bonds. The summed E-state index contributed by atoms with van der Waals surface area (Å²) in [7, 11) is 0. The molecule has 2 aliphatic rings. The maximum Gasteiger partial charge on any atom is 0.229 e. The van der Waals surface area contributed by atoms with E-state index in [4.69, 9.17) is 4.74 Å². The number of nitrogens with zero attached hydrogens (tertiary/aromatic N) is 3. The molecule has 0 aliphatic carbocycles. The maximum atomic E-state index is 12.1. The van der Waals surface area contributed by atoms with Crippen molar-refractivity contribution in [1.82, 2.24) is 4.98 Å². The first-order chi connectivity index (χ1) is 10.6. The van der Waals surface area contributed by atoms with Gasteiger partial charge in [-0.25, -0.2) is 4.98 Å². The Hall–Kier alpha value is -1.60. The predicted octanol–water partition coefficient (Wildman–Crippen LogP) is 1.30. The monoisotopic (exact) mass is 321 g/mol. The maximum absolute atomic E-state index is 12.1. The molecule has 0 aromatic carbocycles. The van der Waals surface area contributed by atoms with Crippen LogP contribution < -0.4 is 9.80 Å². The first-order valence-electron chi connectivity index (χ1n) is 7.40. The van der Waals surface area contributed by atoms with E-state index in [9.17, 15) is 9.59 Å². The van der Waals surface area contributed by atoms with Crippen LogP contribution in [0.3, 0.4) is 0 Å². The topological polar surface area (TPSA) is 62.7 Å². The number of carbonyl (C=O) groups excluding carboxylic acids is 2. The Morgan fingerprint density at radius 3 is 2.77 bits per heavy atom. The molecule has 0 bridgehead atoms. The summed E-state index contributed by atoms with van der Waals surface area (Å²) in [5.74, 6) is 0.694. The minimum Gasteiger partial charge on any atom is -0.378 e. The molecule has 118 valence electrons. The summed E-state index contributed by atoms with van der Waals surface area (Å²) in [6.07, 6.45) is 2.20. The number of pyridine rings is 1. The highest BCUT2D eigenvalue weighted by molar-refractivity contribution is 8.14. The molecule has 2 saturated heterocycles. The molecule has 0 radical (unpaired) electrons. The van der Waals surface area contributed by atoms with Crippen molar-refractivity contribution in [3.05, 3.63) is 18.3 Å². The molecule has 3 rings (SSSR count). The van der Waals surface area contributed by atoms with Crippen LogP contribution in [0.5, 0.6) is 0 Å². The van der Waals surface area contributed by atoms with E-state index in [1.54, 1.807) is 11.1 Å². The molecule has 0 spiro atoms. The molecule has 1 aromatic heterocycles. The standard InChI is InChI=1S/C15H19N3O3S/c1-11(19)22-13-8-15(20)18(10-13)14-3-2-12(9-16-14)17-4-6-21-7-5-17/h2-3,9,13H,4-8,10H2,1H3. The van der Waals surface area contributed by atoms with Gasteiger partial charge in [0, 0.05) is 38.2 Å². The smallest absolute Gasteiger partial charge is 0.229 e. The lowest BCUT2D eigenvalue weighted by molar-refractivity contribution is -0.117. The number of thioether (sulfide) groups is 1. The van der Waals surface area contributed by atoms with Gasteiger partial charge < -0.3 is 9.64 Å². The fourth-order valence-corrected chi connectivity index (χ4v) is 3.68. The molecular weight excluding hydrogens is 302 g/mol. The molecule has 1 aromatic rings. The van der Waals surface area contributed by atoms with Crippen molar-refractivity contribution in [2.24, 2.45) is 0 Å². The van der Waals surface area contributed by atoms with Gasteiger partial charge in [0.05, 0.1) is 25.1 Å². The third kappa shape index (κ3) is 3.41. The van der Waals surface area contributed by atoms with Crippen LogP contribution in [0.4, 0.5) is 11.5 Å². The highest BCUT2D eigenvalue weighted by Crippen LogP contribution is 2.28. The van der Waals surface area contributed by atoms with E-state index in [0.717, 1.165) is 32.0 Å². The first kappa shape index (κ1) is 15.3. The van der Waals surface area contributed by atoms with E-state index < -0.39 is 0 Å². The second-order valence-electron chi connectivity index (χ2n) is 5.41. The van der Waals surface area contributed by atoms with Crippen LogP contribution >= 0.6 is 11.8 Å². The number of rotatable bonds is 3. The van der Waals surface area contributed by atoms with Gasteiger partial charge in [0.25, 0.3) is 0 Å². The molecule has 2 fully saturated rings. The Kier molecular flexibility index (Phi) is 4.63. The number of hydrogen-bond acceptors (Lipinski definition) is 6. The van der Waals surface area contributed by atoms with Crippen molar-refractivity contribution < 1.29 is 14.3 Å². The number of ether oxygens (including phenoxy) is 1. The summed E-state index contributed by atoms with van der Waals surface area (Å²) < 4.78 is 5.34. The second-order valence-corrected chi connectivity index (χ2v) is 6.89. The van der Waals surface area contributed by atoms with E-state index in [1.807, 2.05) is 12.1 Å². The highest BCUT2D eigenvalue weighted by atomic mass is 32.2. The van der Waals surface area contributed by atoms with Crippen LogP contribution in [0.25, 0.3) is 0 Å². The third-order valence-corrected chi connectivity index (χ3v) is 4.79. The van der Waals surface area contributed by atoms with Crippen molar-refractivity contribution in [1.29, 1.82) is 0 Å². The number of anilines is 2. The highest BCUT2D eigenvalue weighted by Gasteiger charge is 2.32. The second kappa shape index (κ2) is 6.66. The molecule has 1 unspecified atom stereocenters. The molecular formula is C15H19N3O3S. The van der Waals surface area contributed by atoms with Crippen LogP contribution in [-0.4, -0.2) is 54.1 Å². The summed E-state index contributed by atoms with van der Waals surface area (Å²) in [5.41, 5.74) is 1.05. The Labute approximate surface area is 133 Å². The van der Waals surface area contributed by atoms with Crippen molar-refractivity contribution in [2.75, 3.05) is 42.6 Å². The van der Waals surface area contributed by atoms with Gasteiger partial charge in [0.15, 0.2) is 5.12 Å². The van der Waals surface area contributed by atoms with E-state index in [1.165, 1.54) is 18.7 Å². The number of morpholine rings is 1. The van der Waals surface area contributed by atoms with E-state index >= 15 is 0 Å². The summed E-state index contributed by atoms with van der Waals surface area (Å²) in [6.45, 7) is 5.27. The van der Waals surface area contributed by atoms with E-state index in [-0.39, 0.29) is 16.3 Å². The summed E-state index contributed by atoms with van der Waals surface area (Å²) in [6, 6.07) is 3.87. The zero-order valence-corrected chi connectivity index (χ0v) is 13.3. The fraction of sp³-hybridized carbons (Fsp3) is 0.533. The molecule has 22 heavy (non-hydrogen) atoms. The van der Waals surface area contributed by atoms with Gasteiger partial charge in [-0.3, -0.25) is 14.5 Å². The van der Waals surface area contributed by atoms with Gasteiger partial charge in [0.2, 0.25) is 5.91 Å². The Bertz CT molecular complexity index is 558. The molecule has 0 saturated carbocycles. The van der Waals surface area contributed by atoms with Gasteiger partial charge in [-0.2, -0.15) is 0 Å². The van der Waals surface area contributed by atoms with Crippen LogP contribution in [-0.2, 0) is 14.3 Å². The quantitative estimate of drug-likeness (QED) is 0.836. The Balaban J connectivity index is 1.67. The van der Waals surface area contributed by atoms with Gasteiger partial charge in [-0.05, 0) is 12.1 Å². The first-order valence-corrected chi connectivity index (χ1v) is 8.28. The molecule has 2 aliphatic heterocycles. The van der Waals surface area contributed by atoms with Crippen LogP contribution in [0, 0.1) is 0 Å². The fourth-order valence-electron chi connectivity index (χ4n) is 2.76. The molecule has 1 atom stereocenters. The molecule has 7 heteroatoms.